The molecule has 27 heavy (non-hydrogen) atoms. The molecule has 1 amide bonds. The Labute approximate surface area is 166 Å². The summed E-state index contributed by atoms with van der Waals surface area (Å²) in [6, 6.07) is 11.5. The predicted molar refractivity (Wildman–Crippen MR) is 110 cm³/mol. The van der Waals surface area contributed by atoms with Crippen LogP contribution in [0.1, 0.15) is 47.6 Å². The van der Waals surface area contributed by atoms with Crippen molar-refractivity contribution in [2.24, 2.45) is 0 Å². The van der Waals surface area contributed by atoms with Crippen molar-refractivity contribution in [1.82, 2.24) is 15.2 Å². The normalized spacial score (nSPS) is 16.4. The molecule has 1 aromatic heterocycles. The zero-order valence-corrected chi connectivity index (χ0v) is 16.5. The van der Waals surface area contributed by atoms with Crippen molar-refractivity contribution in [3.05, 3.63) is 58.7 Å². The van der Waals surface area contributed by atoms with Gasteiger partial charge in [0.2, 0.25) is 0 Å². The molecule has 3 rings (SSSR count). The summed E-state index contributed by atoms with van der Waals surface area (Å²) < 4.78 is 0. The summed E-state index contributed by atoms with van der Waals surface area (Å²) >= 11 is 6.49. The number of aromatic nitrogens is 1. The van der Waals surface area contributed by atoms with Crippen LogP contribution in [0.15, 0.2) is 42.6 Å². The fourth-order valence-corrected chi connectivity index (χ4v) is 3.85. The van der Waals surface area contributed by atoms with E-state index in [9.17, 15) is 4.79 Å². The van der Waals surface area contributed by atoms with Crippen LogP contribution in [0, 0.1) is 0 Å². The van der Waals surface area contributed by atoms with E-state index in [-0.39, 0.29) is 11.9 Å². The fraction of sp³-hybridized carbons (Fsp3) is 0.429. The Hall–Kier alpha value is -2.11. The van der Waals surface area contributed by atoms with Crippen molar-refractivity contribution in [2.75, 3.05) is 32.0 Å². The average molecular weight is 387 g/mol. The van der Waals surface area contributed by atoms with Crippen LogP contribution in [0.5, 0.6) is 0 Å². The number of carbonyl (C=O) groups is 1. The van der Waals surface area contributed by atoms with Gasteiger partial charge in [0.1, 0.15) is 5.82 Å². The molecule has 2 aromatic rings. The number of anilines is 1. The van der Waals surface area contributed by atoms with Gasteiger partial charge in [0, 0.05) is 30.4 Å². The molecule has 0 bridgehead atoms. The number of carbonyl (C=O) groups excluding carboxylic acids is 1. The maximum absolute atomic E-state index is 12.7. The number of hydrogen-bond acceptors (Lipinski definition) is 4. The first kappa shape index (κ1) is 19.6. The van der Waals surface area contributed by atoms with Gasteiger partial charge >= 0.3 is 0 Å². The Kier molecular flexibility index (Phi) is 7.07. The van der Waals surface area contributed by atoms with Gasteiger partial charge in [0.25, 0.3) is 5.91 Å². The standard InChI is InChI=1S/C21H27ClN4O/c1-23-20-14-16(10-11-24-20)21(27)25-15-19(17-8-4-5-9-18(17)22)26-12-6-2-3-7-13-26/h4-5,8-11,14,19H,2-3,6-7,12-13,15H2,1H3,(H,23,24)(H,25,27). The molecule has 144 valence electrons. The molecule has 0 saturated carbocycles. The molecule has 1 aliphatic heterocycles. The largest absolute Gasteiger partial charge is 0.373 e. The van der Waals surface area contributed by atoms with Gasteiger partial charge in [0.15, 0.2) is 0 Å². The number of rotatable bonds is 6. The minimum absolute atomic E-state index is 0.0753. The SMILES string of the molecule is CNc1cc(C(=O)NCC(c2ccccc2Cl)N2CCCCCC2)ccn1. The monoisotopic (exact) mass is 386 g/mol. The smallest absolute Gasteiger partial charge is 0.251 e. The number of benzene rings is 1. The van der Waals surface area contributed by atoms with E-state index in [2.05, 4.69) is 26.6 Å². The van der Waals surface area contributed by atoms with Crippen LogP contribution in [-0.4, -0.2) is 42.5 Å². The van der Waals surface area contributed by atoms with Gasteiger partial charge in [-0.2, -0.15) is 0 Å². The topological polar surface area (TPSA) is 57.3 Å². The van der Waals surface area contributed by atoms with Crippen LogP contribution >= 0.6 is 11.6 Å². The van der Waals surface area contributed by atoms with Crippen molar-refractivity contribution in [3.63, 3.8) is 0 Å². The number of nitrogens with one attached hydrogen (secondary N) is 2. The minimum Gasteiger partial charge on any atom is -0.373 e. The van der Waals surface area contributed by atoms with E-state index >= 15 is 0 Å². The first-order valence-electron chi connectivity index (χ1n) is 9.59. The van der Waals surface area contributed by atoms with Gasteiger partial charge in [-0.3, -0.25) is 9.69 Å². The molecule has 1 unspecified atom stereocenters. The third kappa shape index (κ3) is 5.21. The van der Waals surface area contributed by atoms with Gasteiger partial charge in [-0.15, -0.1) is 0 Å². The molecule has 2 N–H and O–H groups in total. The molecule has 0 radical (unpaired) electrons. The summed E-state index contributed by atoms with van der Waals surface area (Å²) in [4.78, 5) is 19.3. The van der Waals surface area contributed by atoms with Crippen LogP contribution < -0.4 is 10.6 Å². The summed E-state index contributed by atoms with van der Waals surface area (Å²) in [5, 5.41) is 6.81. The first-order chi connectivity index (χ1) is 13.2. The number of nitrogens with zero attached hydrogens (tertiary/aromatic N) is 2. The Morgan fingerprint density at radius 2 is 1.93 bits per heavy atom. The van der Waals surface area contributed by atoms with Crippen LogP contribution in [0.4, 0.5) is 5.82 Å². The highest BCUT2D eigenvalue weighted by atomic mass is 35.5. The highest BCUT2D eigenvalue weighted by Gasteiger charge is 2.24. The summed E-state index contributed by atoms with van der Waals surface area (Å²) in [5.74, 6) is 0.582. The lowest BCUT2D eigenvalue weighted by Crippen LogP contribution is -2.38. The van der Waals surface area contributed by atoms with Gasteiger partial charge in [-0.25, -0.2) is 4.98 Å². The predicted octanol–water partition coefficient (Wildman–Crippen LogP) is 4.12. The van der Waals surface area contributed by atoms with E-state index in [1.54, 1.807) is 25.4 Å². The van der Waals surface area contributed by atoms with E-state index in [0.29, 0.717) is 17.9 Å². The highest BCUT2D eigenvalue weighted by molar-refractivity contribution is 6.31. The maximum Gasteiger partial charge on any atom is 0.251 e. The van der Waals surface area contributed by atoms with Gasteiger partial charge in [-0.1, -0.05) is 42.6 Å². The molecule has 6 heteroatoms. The third-order valence-corrected chi connectivity index (χ3v) is 5.42. The highest BCUT2D eigenvalue weighted by Crippen LogP contribution is 2.29. The number of pyridine rings is 1. The lowest BCUT2D eigenvalue weighted by molar-refractivity contribution is 0.0933. The molecule has 1 aliphatic rings. The molecule has 1 atom stereocenters. The van der Waals surface area contributed by atoms with Crippen molar-refractivity contribution in [2.45, 2.75) is 31.7 Å². The Bertz CT molecular complexity index is 759. The number of halogens is 1. The number of likely N-dealkylation sites (tertiary alicyclic amines) is 1. The van der Waals surface area contributed by atoms with Crippen LogP contribution in [0.2, 0.25) is 5.02 Å². The van der Waals surface area contributed by atoms with Crippen molar-refractivity contribution in [3.8, 4) is 0 Å². The Morgan fingerprint density at radius 3 is 2.63 bits per heavy atom. The van der Waals surface area contributed by atoms with E-state index in [1.807, 2.05) is 18.2 Å². The van der Waals surface area contributed by atoms with Crippen molar-refractivity contribution >= 4 is 23.3 Å². The lowest BCUT2D eigenvalue weighted by Gasteiger charge is -2.31. The van der Waals surface area contributed by atoms with E-state index in [0.717, 1.165) is 23.7 Å². The zero-order chi connectivity index (χ0) is 19.1. The fourth-order valence-electron chi connectivity index (χ4n) is 3.59. The van der Waals surface area contributed by atoms with Crippen LogP contribution in [-0.2, 0) is 0 Å². The van der Waals surface area contributed by atoms with Gasteiger partial charge < -0.3 is 10.6 Å². The number of amides is 1. The summed E-state index contributed by atoms with van der Waals surface area (Å²) in [5.41, 5.74) is 1.68. The van der Waals surface area contributed by atoms with Crippen LogP contribution in [0.25, 0.3) is 0 Å². The molecule has 5 nitrogen and oxygen atoms in total. The Morgan fingerprint density at radius 1 is 1.19 bits per heavy atom. The first-order valence-corrected chi connectivity index (χ1v) is 9.97. The van der Waals surface area contributed by atoms with E-state index < -0.39 is 0 Å². The molecule has 2 heterocycles. The van der Waals surface area contributed by atoms with E-state index in [4.69, 9.17) is 11.6 Å². The summed E-state index contributed by atoms with van der Waals surface area (Å²) in [6.07, 6.45) is 6.54. The molecule has 0 spiro atoms. The quantitative estimate of drug-likeness (QED) is 0.783. The van der Waals surface area contributed by atoms with Gasteiger partial charge in [0.05, 0.1) is 6.04 Å². The molecule has 1 aromatic carbocycles. The molecule has 0 aliphatic carbocycles. The zero-order valence-electron chi connectivity index (χ0n) is 15.7. The van der Waals surface area contributed by atoms with Crippen molar-refractivity contribution < 1.29 is 4.79 Å². The average Bonchev–Trinajstić information content (AvgIpc) is 2.99. The second-order valence-electron chi connectivity index (χ2n) is 6.88. The third-order valence-electron chi connectivity index (χ3n) is 5.08. The second kappa shape index (κ2) is 9.72. The molecule has 1 saturated heterocycles. The minimum atomic E-state index is -0.0965. The summed E-state index contributed by atoms with van der Waals surface area (Å²) in [7, 11) is 1.79. The molecular formula is C21H27ClN4O. The molecular weight excluding hydrogens is 360 g/mol. The second-order valence-corrected chi connectivity index (χ2v) is 7.28. The number of hydrogen-bond donors (Lipinski definition) is 2. The maximum atomic E-state index is 12.7. The lowest BCUT2D eigenvalue weighted by atomic mass is 10.0. The molecule has 1 fully saturated rings. The Balaban J connectivity index is 1.76. The van der Waals surface area contributed by atoms with Gasteiger partial charge in [-0.05, 0) is 49.7 Å². The summed E-state index contributed by atoms with van der Waals surface area (Å²) in [6.45, 7) is 2.59. The van der Waals surface area contributed by atoms with E-state index in [1.165, 1.54) is 25.7 Å². The van der Waals surface area contributed by atoms with Crippen molar-refractivity contribution in [1.29, 1.82) is 0 Å². The van der Waals surface area contributed by atoms with Crippen LogP contribution in [0.3, 0.4) is 0 Å².